The van der Waals surface area contributed by atoms with Gasteiger partial charge in [-0.15, -0.1) is 11.3 Å². The molecule has 0 saturated carbocycles. The van der Waals surface area contributed by atoms with E-state index < -0.39 is 5.97 Å². The molecule has 3 nitrogen and oxygen atoms in total. The van der Waals surface area contributed by atoms with E-state index in [2.05, 4.69) is 4.74 Å². The molecule has 0 amide bonds. The number of carbonyl (C=O) groups excluding carboxylic acids is 1. The standard InChI is InChI=1S/C13H12FNO2S/c1-17-13(16)12-10(15)7-11(18-12)8-3-2-4-9(14)6-5-8/h3-7H,2,15H2,1H3. The number of hydrogen-bond donors (Lipinski definition) is 1. The summed E-state index contributed by atoms with van der Waals surface area (Å²) in [7, 11) is 1.31. The zero-order chi connectivity index (χ0) is 13.1. The molecule has 1 aliphatic rings. The van der Waals surface area contributed by atoms with Crippen molar-refractivity contribution in [1.29, 1.82) is 0 Å². The molecular formula is C13H12FNO2S. The Kier molecular flexibility index (Phi) is 3.62. The van der Waals surface area contributed by atoms with Gasteiger partial charge in [-0.3, -0.25) is 0 Å². The zero-order valence-corrected chi connectivity index (χ0v) is 10.6. The smallest absolute Gasteiger partial charge is 0.350 e. The first kappa shape index (κ1) is 12.6. The maximum atomic E-state index is 13.0. The van der Waals surface area contributed by atoms with Crippen molar-refractivity contribution in [3.8, 4) is 0 Å². The van der Waals surface area contributed by atoms with Crippen LogP contribution in [0, 0.1) is 0 Å². The fraction of sp³-hybridized carbons (Fsp3) is 0.154. The van der Waals surface area contributed by atoms with E-state index in [-0.39, 0.29) is 5.83 Å². The van der Waals surface area contributed by atoms with E-state index in [0.29, 0.717) is 17.0 Å². The van der Waals surface area contributed by atoms with Gasteiger partial charge in [-0.1, -0.05) is 12.2 Å². The minimum atomic E-state index is -0.453. The first-order valence-electron chi connectivity index (χ1n) is 5.33. The molecule has 1 aromatic rings. The highest BCUT2D eigenvalue weighted by molar-refractivity contribution is 7.15. The van der Waals surface area contributed by atoms with Crippen LogP contribution in [0.1, 0.15) is 21.0 Å². The van der Waals surface area contributed by atoms with Crippen molar-refractivity contribution < 1.29 is 13.9 Å². The van der Waals surface area contributed by atoms with E-state index in [1.807, 2.05) is 6.08 Å². The highest BCUT2D eigenvalue weighted by Gasteiger charge is 2.16. The molecule has 2 rings (SSSR count). The summed E-state index contributed by atoms with van der Waals surface area (Å²) in [6, 6.07) is 1.70. The molecule has 1 aromatic heterocycles. The molecule has 18 heavy (non-hydrogen) atoms. The van der Waals surface area contributed by atoms with Gasteiger partial charge in [0.25, 0.3) is 0 Å². The maximum Gasteiger partial charge on any atom is 0.350 e. The number of anilines is 1. The molecule has 0 spiro atoms. The molecule has 94 valence electrons. The van der Waals surface area contributed by atoms with Crippen LogP contribution in [-0.4, -0.2) is 13.1 Å². The summed E-state index contributed by atoms with van der Waals surface area (Å²) in [4.78, 5) is 12.7. The van der Waals surface area contributed by atoms with Crippen molar-refractivity contribution >= 4 is 28.6 Å². The third kappa shape index (κ3) is 2.51. The second-order valence-electron chi connectivity index (χ2n) is 3.70. The predicted octanol–water partition coefficient (Wildman–Crippen LogP) is 3.31. The van der Waals surface area contributed by atoms with E-state index >= 15 is 0 Å². The lowest BCUT2D eigenvalue weighted by Gasteiger charge is -1.96. The number of rotatable bonds is 2. The van der Waals surface area contributed by atoms with Crippen LogP contribution in [0.4, 0.5) is 10.1 Å². The number of thiophene rings is 1. The summed E-state index contributed by atoms with van der Waals surface area (Å²) in [5.41, 5.74) is 7.00. The van der Waals surface area contributed by atoms with Gasteiger partial charge in [0.15, 0.2) is 0 Å². The number of carbonyl (C=O) groups is 1. The first-order valence-corrected chi connectivity index (χ1v) is 6.15. The number of methoxy groups -OCH3 is 1. The maximum absolute atomic E-state index is 13.0. The molecule has 0 saturated heterocycles. The highest BCUT2D eigenvalue weighted by atomic mass is 32.1. The number of hydrogen-bond acceptors (Lipinski definition) is 4. The third-order valence-electron chi connectivity index (χ3n) is 2.49. The van der Waals surface area contributed by atoms with Gasteiger partial charge in [-0.05, 0) is 30.2 Å². The van der Waals surface area contributed by atoms with Crippen molar-refractivity contribution in [3.63, 3.8) is 0 Å². The number of allylic oxidation sites excluding steroid dienone is 6. The van der Waals surface area contributed by atoms with Gasteiger partial charge in [0.1, 0.15) is 10.7 Å². The van der Waals surface area contributed by atoms with Crippen molar-refractivity contribution in [2.45, 2.75) is 6.42 Å². The van der Waals surface area contributed by atoms with Crippen LogP contribution in [-0.2, 0) is 4.74 Å². The van der Waals surface area contributed by atoms with E-state index in [1.165, 1.54) is 30.6 Å². The summed E-state index contributed by atoms with van der Waals surface area (Å²) >= 11 is 1.24. The lowest BCUT2D eigenvalue weighted by atomic mass is 10.2. The molecule has 2 N–H and O–H groups in total. The molecule has 0 aliphatic heterocycles. The third-order valence-corrected chi connectivity index (χ3v) is 3.67. The Balaban J connectivity index is 2.33. The number of ether oxygens (including phenoxy) is 1. The quantitative estimate of drug-likeness (QED) is 0.835. The van der Waals surface area contributed by atoms with Gasteiger partial charge in [0.05, 0.1) is 12.8 Å². The van der Waals surface area contributed by atoms with Gasteiger partial charge < -0.3 is 10.5 Å². The Bertz CT molecular complexity index is 570. The average Bonchev–Trinajstić information content (AvgIpc) is 2.60. The van der Waals surface area contributed by atoms with E-state index in [0.717, 1.165) is 10.5 Å². The molecule has 1 heterocycles. The Morgan fingerprint density at radius 1 is 1.44 bits per heavy atom. The molecule has 0 radical (unpaired) electrons. The topological polar surface area (TPSA) is 52.3 Å². The number of esters is 1. The fourth-order valence-corrected chi connectivity index (χ4v) is 2.60. The van der Waals surface area contributed by atoms with Crippen molar-refractivity contribution in [2.75, 3.05) is 12.8 Å². The molecule has 5 heteroatoms. The Labute approximate surface area is 108 Å². The number of halogens is 1. The van der Waals surface area contributed by atoms with Crippen LogP contribution < -0.4 is 5.73 Å². The van der Waals surface area contributed by atoms with Crippen molar-refractivity contribution in [1.82, 2.24) is 0 Å². The molecule has 0 fully saturated rings. The monoisotopic (exact) mass is 265 g/mol. The van der Waals surface area contributed by atoms with E-state index in [4.69, 9.17) is 5.73 Å². The average molecular weight is 265 g/mol. The Hall–Kier alpha value is -1.88. The highest BCUT2D eigenvalue weighted by Crippen LogP contribution is 2.32. The van der Waals surface area contributed by atoms with E-state index in [1.54, 1.807) is 12.1 Å². The molecule has 0 bridgehead atoms. The minimum absolute atomic E-state index is 0.265. The van der Waals surface area contributed by atoms with Crippen LogP contribution in [0.15, 0.2) is 36.2 Å². The van der Waals surface area contributed by atoms with E-state index in [9.17, 15) is 9.18 Å². The van der Waals surface area contributed by atoms with Crippen LogP contribution in [0.5, 0.6) is 0 Å². The molecule has 0 aromatic carbocycles. The van der Waals surface area contributed by atoms with Crippen LogP contribution >= 0.6 is 11.3 Å². The lowest BCUT2D eigenvalue weighted by Crippen LogP contribution is -2.00. The van der Waals surface area contributed by atoms with Crippen LogP contribution in [0.3, 0.4) is 0 Å². The molecule has 0 atom stereocenters. The molecular weight excluding hydrogens is 253 g/mol. The summed E-state index contributed by atoms with van der Waals surface area (Å²) in [5.74, 6) is -0.717. The largest absolute Gasteiger partial charge is 0.465 e. The lowest BCUT2D eigenvalue weighted by molar-refractivity contribution is 0.0607. The zero-order valence-electron chi connectivity index (χ0n) is 9.77. The van der Waals surface area contributed by atoms with Crippen LogP contribution in [0.2, 0.25) is 0 Å². The summed E-state index contributed by atoms with van der Waals surface area (Å²) in [6.45, 7) is 0. The summed E-state index contributed by atoms with van der Waals surface area (Å²) < 4.78 is 17.7. The molecule has 1 aliphatic carbocycles. The Morgan fingerprint density at radius 3 is 2.94 bits per heavy atom. The second-order valence-corrected chi connectivity index (χ2v) is 4.76. The van der Waals surface area contributed by atoms with Crippen molar-refractivity contribution in [3.05, 3.63) is 46.0 Å². The molecule has 0 unspecified atom stereocenters. The summed E-state index contributed by atoms with van der Waals surface area (Å²) in [5, 5.41) is 0. The fourth-order valence-electron chi connectivity index (χ4n) is 1.59. The van der Waals surface area contributed by atoms with Crippen molar-refractivity contribution in [2.24, 2.45) is 0 Å². The number of nitrogens with two attached hydrogens (primary N) is 1. The van der Waals surface area contributed by atoms with Gasteiger partial charge >= 0.3 is 5.97 Å². The van der Waals surface area contributed by atoms with Gasteiger partial charge in [0, 0.05) is 4.88 Å². The SMILES string of the molecule is COC(=O)c1sc(C2=CCC=C(F)C=C2)cc1N. The normalized spacial score (nSPS) is 14.8. The van der Waals surface area contributed by atoms with Gasteiger partial charge in [-0.25, -0.2) is 9.18 Å². The summed E-state index contributed by atoms with van der Waals surface area (Å²) in [6.07, 6.45) is 6.95. The number of nitrogen functional groups attached to an aromatic ring is 1. The van der Waals surface area contributed by atoms with Crippen LogP contribution in [0.25, 0.3) is 5.57 Å². The predicted molar refractivity (Wildman–Crippen MR) is 71.0 cm³/mol. The Morgan fingerprint density at radius 2 is 2.22 bits per heavy atom. The van der Waals surface area contributed by atoms with Gasteiger partial charge in [0.2, 0.25) is 0 Å². The first-order chi connectivity index (χ1) is 8.61. The second kappa shape index (κ2) is 5.18. The minimum Gasteiger partial charge on any atom is -0.465 e. The van der Waals surface area contributed by atoms with Gasteiger partial charge in [-0.2, -0.15) is 0 Å².